The van der Waals surface area contributed by atoms with Crippen molar-refractivity contribution in [2.24, 2.45) is 5.92 Å². The quantitative estimate of drug-likeness (QED) is 0.116. The molecule has 0 nitrogen and oxygen atoms in total. The molecule has 6 rings (SSSR count). The van der Waals surface area contributed by atoms with Crippen molar-refractivity contribution in [3.63, 3.8) is 0 Å². The Morgan fingerprint density at radius 2 is 1.05 bits per heavy atom. The molecular weight excluding hydrogens is 914 g/mol. The Balaban J connectivity index is 1.52. The second-order valence-electron chi connectivity index (χ2n) is 17.7. The molecule has 0 saturated carbocycles. The Morgan fingerprint density at radius 3 is 1.46 bits per heavy atom. The molecule has 0 spiro atoms. The summed E-state index contributed by atoms with van der Waals surface area (Å²) in [6, 6.07) is 22.6. The number of hydrogen-bond donors (Lipinski definition) is 0. The fourth-order valence-electron chi connectivity index (χ4n) is 9.71. The van der Waals surface area contributed by atoms with Crippen LogP contribution in [0.2, 0.25) is 13.1 Å². The topological polar surface area (TPSA) is 0 Å². The fraction of sp³-hybridized carbons (Fsp3) is 0.391. The molecule has 59 heavy (non-hydrogen) atoms. The summed E-state index contributed by atoms with van der Waals surface area (Å²) in [5, 5.41) is 0. The molecule has 317 valence electrons. The summed E-state index contributed by atoms with van der Waals surface area (Å²) in [4.78, 5) is 0. The minimum absolute atomic E-state index is 0.0179. The van der Waals surface area contributed by atoms with Crippen LogP contribution < -0.4 is 0 Å². The molecule has 4 aromatic carbocycles. The molecular formula is C46H48Cl2F9SiZr. The first-order valence-corrected chi connectivity index (χ1v) is 36.1. The van der Waals surface area contributed by atoms with Crippen LogP contribution >= 0.6 is 17.0 Å². The van der Waals surface area contributed by atoms with E-state index in [1.165, 1.54) is 11.1 Å². The molecule has 0 amide bonds. The van der Waals surface area contributed by atoms with Crippen LogP contribution in [0.25, 0.3) is 34.4 Å². The van der Waals surface area contributed by atoms with Gasteiger partial charge < -0.3 is 0 Å². The monoisotopic (exact) mass is 959 g/mol. The molecule has 0 aliphatic heterocycles. The van der Waals surface area contributed by atoms with Gasteiger partial charge in [-0.05, 0) is 0 Å². The van der Waals surface area contributed by atoms with Gasteiger partial charge in [0.1, 0.15) is 0 Å². The van der Waals surface area contributed by atoms with Crippen molar-refractivity contribution in [2.75, 3.05) is 0 Å². The molecule has 13 heteroatoms. The first-order valence-electron chi connectivity index (χ1n) is 19.8. The predicted molar refractivity (Wildman–Crippen MR) is 224 cm³/mol. The third-order valence-electron chi connectivity index (χ3n) is 12.8. The Hall–Kier alpha value is -2.59. The molecule has 3 unspecified atom stereocenters. The fourth-order valence-corrected chi connectivity index (χ4v) is 41.8. The molecule has 0 N–H and O–H groups in total. The molecule has 0 aromatic heterocycles. The minimum atomic E-state index is -6.71. The van der Waals surface area contributed by atoms with E-state index < -0.39 is 54.6 Å². The summed E-state index contributed by atoms with van der Waals surface area (Å²) < 4.78 is 125. The van der Waals surface area contributed by atoms with E-state index in [1.807, 2.05) is 19.1 Å². The zero-order chi connectivity index (χ0) is 43.9. The van der Waals surface area contributed by atoms with Crippen molar-refractivity contribution in [1.29, 1.82) is 0 Å². The van der Waals surface area contributed by atoms with Crippen molar-refractivity contribution in [2.45, 2.75) is 104 Å². The summed E-state index contributed by atoms with van der Waals surface area (Å²) in [5.74, 6) is -1.87. The van der Waals surface area contributed by atoms with Gasteiger partial charge in [0, 0.05) is 0 Å². The van der Waals surface area contributed by atoms with E-state index in [-0.39, 0.29) is 32.7 Å². The van der Waals surface area contributed by atoms with Crippen molar-refractivity contribution in [3.05, 3.63) is 129 Å². The molecule has 2 aliphatic rings. The van der Waals surface area contributed by atoms with Gasteiger partial charge in [-0.2, -0.15) is 0 Å². The third-order valence-corrected chi connectivity index (χ3v) is 64.8. The SMILES string of the molecule is CCCC(C)C1=Cc2c(-c3ccc(C(C)(C)C)cc3)cccc2[CH]1[Zr]([Cl])([Cl])([CH]1C(C)=Cc2c(-c3ccc(C(C(F)(F)F)(C(F)(F)F)C(F)(F)F)cc3)cccc21)[SiH](C)C. The van der Waals surface area contributed by atoms with E-state index in [2.05, 4.69) is 96.3 Å². The Bertz CT molecular complexity index is 2260. The first kappa shape index (κ1) is 45.9. The maximum atomic E-state index is 14.0. The molecule has 0 saturated heterocycles. The molecule has 0 bridgehead atoms. The zero-order valence-electron chi connectivity index (χ0n) is 34.1. The van der Waals surface area contributed by atoms with Crippen molar-refractivity contribution < 1.29 is 55.1 Å². The van der Waals surface area contributed by atoms with Crippen LogP contribution in [-0.2, 0) is 26.4 Å². The number of rotatable bonds is 9. The Labute approximate surface area is 349 Å². The summed E-state index contributed by atoms with van der Waals surface area (Å²) in [7, 11) is 17.1. The normalized spacial score (nSPS) is 18.9. The van der Waals surface area contributed by atoms with Crippen molar-refractivity contribution >= 4 is 35.1 Å². The molecule has 4 aromatic rings. The number of allylic oxidation sites excluding steroid dienone is 2. The van der Waals surface area contributed by atoms with Crippen molar-refractivity contribution in [3.8, 4) is 22.3 Å². The van der Waals surface area contributed by atoms with Gasteiger partial charge in [-0.25, -0.2) is 0 Å². The number of alkyl halides is 9. The Morgan fingerprint density at radius 1 is 0.627 bits per heavy atom. The number of benzene rings is 4. The van der Waals surface area contributed by atoms with Gasteiger partial charge in [0.25, 0.3) is 0 Å². The number of hydrogen-bond acceptors (Lipinski definition) is 0. The zero-order valence-corrected chi connectivity index (χ0v) is 39.2. The van der Waals surface area contributed by atoms with Crippen LogP contribution in [-0.4, -0.2) is 24.5 Å². The molecule has 0 fully saturated rings. The Kier molecular flexibility index (Phi) is 11.9. The second kappa shape index (κ2) is 15.3. The average molecular weight is 962 g/mol. The van der Waals surface area contributed by atoms with Gasteiger partial charge in [-0.1, -0.05) is 0 Å². The predicted octanol–water partition coefficient (Wildman–Crippen LogP) is 16.3. The van der Waals surface area contributed by atoms with Gasteiger partial charge in [0.15, 0.2) is 0 Å². The molecule has 3 atom stereocenters. The summed E-state index contributed by atoms with van der Waals surface area (Å²) >= 11 is -5.32. The van der Waals surface area contributed by atoms with Crippen LogP contribution in [0, 0.1) is 5.92 Å². The number of fused-ring (bicyclic) bond motifs is 2. The third kappa shape index (κ3) is 7.27. The number of halogens is 11. The van der Waals surface area contributed by atoms with E-state index in [4.69, 9.17) is 17.0 Å². The standard InChI is InChI=1S/C24H29.C20H12F9.C2H7Si.2ClH.Zr/c1-6-8-17(2)20-15-19-9-7-10-22(23(19)16-20)18-11-13-21(14-12-18)24(3,4)5;1-11-9-13-3-2-4-15(16(13)10-11)12-5-7-14(8-6-12)17(18(21,22)23,19(24,25)26)20(27,28)29;1-3-2;;;/h7,9-17H,6,8H2,1-5H3;2-10H,1H3;3H,1-2H3;2*1H;/q;;;;;+2/p-2. The van der Waals surface area contributed by atoms with Crippen LogP contribution in [0.3, 0.4) is 0 Å². The van der Waals surface area contributed by atoms with Gasteiger partial charge >= 0.3 is 352 Å². The molecule has 0 heterocycles. The van der Waals surface area contributed by atoms with E-state index in [1.54, 1.807) is 12.1 Å². The molecule has 0 radical (unpaired) electrons. The van der Waals surface area contributed by atoms with E-state index in [0.29, 0.717) is 11.1 Å². The summed E-state index contributed by atoms with van der Waals surface area (Å²) in [6.45, 7) is 17.2. The van der Waals surface area contributed by atoms with Crippen molar-refractivity contribution in [1.82, 2.24) is 0 Å². The molecule has 2 aliphatic carbocycles. The van der Waals surface area contributed by atoms with Crippen LogP contribution in [0.1, 0.15) is 95.0 Å². The van der Waals surface area contributed by atoms with E-state index >= 15 is 0 Å². The van der Waals surface area contributed by atoms with Crippen LogP contribution in [0.4, 0.5) is 39.5 Å². The van der Waals surface area contributed by atoms with Gasteiger partial charge in [0.05, 0.1) is 0 Å². The van der Waals surface area contributed by atoms with E-state index in [0.717, 1.165) is 58.4 Å². The van der Waals surface area contributed by atoms with Gasteiger partial charge in [0.2, 0.25) is 0 Å². The summed E-state index contributed by atoms with van der Waals surface area (Å²) in [5.41, 5.74) is 1.65. The summed E-state index contributed by atoms with van der Waals surface area (Å²) in [6.07, 6.45) is -14.0. The van der Waals surface area contributed by atoms with E-state index in [9.17, 15) is 39.5 Å². The second-order valence-corrected chi connectivity index (χ2v) is 60.2. The van der Waals surface area contributed by atoms with Gasteiger partial charge in [-0.15, -0.1) is 0 Å². The van der Waals surface area contributed by atoms with Crippen LogP contribution in [0.15, 0.2) is 96.1 Å². The van der Waals surface area contributed by atoms with Crippen LogP contribution in [0.5, 0.6) is 0 Å². The van der Waals surface area contributed by atoms with Gasteiger partial charge in [-0.3, -0.25) is 0 Å². The average Bonchev–Trinajstić information content (AvgIpc) is 3.69. The maximum absolute atomic E-state index is 14.0. The first-order chi connectivity index (χ1) is 27.1.